The van der Waals surface area contributed by atoms with Crippen LogP contribution in [0.1, 0.15) is 43.1 Å². The van der Waals surface area contributed by atoms with Gasteiger partial charge < -0.3 is 11.1 Å². The van der Waals surface area contributed by atoms with Crippen LogP contribution in [0.25, 0.3) is 0 Å². The molecule has 0 unspecified atom stereocenters. The summed E-state index contributed by atoms with van der Waals surface area (Å²) in [4.78, 5) is 11.2. The Morgan fingerprint density at radius 3 is 2.59 bits per heavy atom. The van der Waals surface area contributed by atoms with Crippen molar-refractivity contribution < 1.29 is 4.79 Å². The Morgan fingerprint density at radius 2 is 2.06 bits per heavy atom. The highest BCUT2D eigenvalue weighted by Crippen LogP contribution is 2.18. The van der Waals surface area contributed by atoms with E-state index in [0.29, 0.717) is 17.5 Å². The molecule has 1 rings (SSSR count). The molecule has 0 aliphatic rings. The van der Waals surface area contributed by atoms with Gasteiger partial charge in [0.1, 0.15) is 0 Å². The second-order valence-corrected chi connectivity index (χ2v) is 4.71. The fourth-order valence-corrected chi connectivity index (χ4v) is 1.74. The molecule has 94 valence electrons. The van der Waals surface area contributed by atoms with Gasteiger partial charge in [-0.25, -0.2) is 0 Å². The molecule has 1 aromatic rings. The van der Waals surface area contributed by atoms with Crippen LogP contribution in [0.3, 0.4) is 0 Å². The van der Waals surface area contributed by atoms with E-state index in [1.807, 2.05) is 25.1 Å². The van der Waals surface area contributed by atoms with E-state index in [4.69, 9.17) is 5.73 Å². The average Bonchev–Trinajstić information content (AvgIpc) is 2.30. The highest BCUT2D eigenvalue weighted by atomic mass is 16.1. The molecular formula is C14H22N2O. The van der Waals surface area contributed by atoms with Crippen LogP contribution in [0, 0.1) is 12.8 Å². The molecule has 0 fully saturated rings. The SMILES string of the molecule is CC[C@@H](C)[C@@H](C)Nc1ccc(C)c(C(N)=O)c1. The quantitative estimate of drug-likeness (QED) is 0.823. The zero-order valence-corrected chi connectivity index (χ0v) is 11.1. The summed E-state index contributed by atoms with van der Waals surface area (Å²) in [6, 6.07) is 6.12. The molecule has 3 nitrogen and oxygen atoms in total. The lowest BCUT2D eigenvalue weighted by atomic mass is 10.00. The van der Waals surface area contributed by atoms with E-state index in [1.54, 1.807) is 0 Å². The van der Waals surface area contributed by atoms with Crippen molar-refractivity contribution in [2.75, 3.05) is 5.32 Å². The molecule has 2 atom stereocenters. The minimum atomic E-state index is -0.373. The summed E-state index contributed by atoms with van der Waals surface area (Å²) in [5.41, 5.74) is 7.79. The van der Waals surface area contributed by atoms with Gasteiger partial charge in [-0.15, -0.1) is 0 Å². The van der Waals surface area contributed by atoms with Crippen molar-refractivity contribution >= 4 is 11.6 Å². The number of hydrogen-bond donors (Lipinski definition) is 2. The molecule has 0 radical (unpaired) electrons. The first-order valence-corrected chi connectivity index (χ1v) is 6.12. The Hall–Kier alpha value is -1.51. The zero-order chi connectivity index (χ0) is 13.0. The predicted molar refractivity (Wildman–Crippen MR) is 72.2 cm³/mol. The van der Waals surface area contributed by atoms with Crippen molar-refractivity contribution in [1.82, 2.24) is 0 Å². The third-order valence-electron chi connectivity index (χ3n) is 3.39. The fourth-order valence-electron chi connectivity index (χ4n) is 1.74. The Kier molecular flexibility index (Phi) is 4.55. The van der Waals surface area contributed by atoms with Gasteiger partial charge >= 0.3 is 0 Å². The second-order valence-electron chi connectivity index (χ2n) is 4.71. The van der Waals surface area contributed by atoms with Gasteiger partial charge in [0.05, 0.1) is 0 Å². The summed E-state index contributed by atoms with van der Waals surface area (Å²) in [6.07, 6.45) is 1.13. The summed E-state index contributed by atoms with van der Waals surface area (Å²) in [7, 11) is 0. The molecular weight excluding hydrogens is 212 g/mol. The van der Waals surface area contributed by atoms with Gasteiger partial charge in [0.2, 0.25) is 5.91 Å². The largest absolute Gasteiger partial charge is 0.382 e. The van der Waals surface area contributed by atoms with E-state index < -0.39 is 0 Å². The van der Waals surface area contributed by atoms with Crippen molar-refractivity contribution in [3.05, 3.63) is 29.3 Å². The number of benzene rings is 1. The molecule has 1 amide bonds. The molecule has 0 aromatic heterocycles. The topological polar surface area (TPSA) is 55.1 Å². The number of carbonyl (C=O) groups excluding carboxylic acids is 1. The first-order valence-electron chi connectivity index (χ1n) is 6.12. The van der Waals surface area contributed by atoms with Crippen LogP contribution in [0.2, 0.25) is 0 Å². The van der Waals surface area contributed by atoms with E-state index in [-0.39, 0.29) is 5.91 Å². The summed E-state index contributed by atoms with van der Waals surface area (Å²) >= 11 is 0. The van der Waals surface area contributed by atoms with Crippen LogP contribution in [0.5, 0.6) is 0 Å². The van der Waals surface area contributed by atoms with Crippen LogP contribution in [-0.2, 0) is 0 Å². The minimum absolute atomic E-state index is 0.373. The maximum absolute atomic E-state index is 11.2. The number of carbonyl (C=O) groups is 1. The fraction of sp³-hybridized carbons (Fsp3) is 0.500. The molecule has 3 heteroatoms. The Bertz CT molecular complexity index is 401. The summed E-state index contributed by atoms with van der Waals surface area (Å²) < 4.78 is 0. The van der Waals surface area contributed by atoms with Gasteiger partial charge in [0, 0.05) is 17.3 Å². The minimum Gasteiger partial charge on any atom is -0.382 e. The Morgan fingerprint density at radius 1 is 1.41 bits per heavy atom. The molecule has 0 bridgehead atoms. The van der Waals surface area contributed by atoms with Gasteiger partial charge in [0.15, 0.2) is 0 Å². The highest BCUT2D eigenvalue weighted by Gasteiger charge is 2.11. The summed E-state index contributed by atoms with van der Waals surface area (Å²) in [6.45, 7) is 8.42. The normalized spacial score (nSPS) is 14.1. The summed E-state index contributed by atoms with van der Waals surface area (Å²) in [5.74, 6) is 0.218. The first kappa shape index (κ1) is 13.6. The maximum Gasteiger partial charge on any atom is 0.249 e. The zero-order valence-electron chi connectivity index (χ0n) is 11.1. The van der Waals surface area contributed by atoms with Gasteiger partial charge in [-0.2, -0.15) is 0 Å². The van der Waals surface area contributed by atoms with Crippen LogP contribution in [0.15, 0.2) is 18.2 Å². The third kappa shape index (κ3) is 3.48. The lowest BCUT2D eigenvalue weighted by molar-refractivity contribution is 0.1000. The monoisotopic (exact) mass is 234 g/mol. The molecule has 0 aliphatic carbocycles. The number of nitrogens with two attached hydrogens (primary N) is 1. The summed E-state index contributed by atoms with van der Waals surface area (Å²) in [5, 5.41) is 3.41. The van der Waals surface area contributed by atoms with E-state index >= 15 is 0 Å². The van der Waals surface area contributed by atoms with Crippen LogP contribution in [0.4, 0.5) is 5.69 Å². The van der Waals surface area contributed by atoms with Crippen molar-refractivity contribution in [3.8, 4) is 0 Å². The van der Waals surface area contributed by atoms with Crippen molar-refractivity contribution in [2.24, 2.45) is 11.7 Å². The first-order chi connectivity index (χ1) is 7.95. The number of nitrogens with one attached hydrogen (secondary N) is 1. The molecule has 0 heterocycles. The number of amides is 1. The van der Waals surface area contributed by atoms with Gasteiger partial charge in [-0.3, -0.25) is 4.79 Å². The standard InChI is InChI=1S/C14H22N2O/c1-5-9(2)11(4)16-12-7-6-10(3)13(8-12)14(15)17/h6-9,11,16H,5H2,1-4H3,(H2,15,17)/t9-,11-/m1/s1. The lowest BCUT2D eigenvalue weighted by Crippen LogP contribution is -2.23. The number of hydrogen-bond acceptors (Lipinski definition) is 2. The van der Waals surface area contributed by atoms with Crippen LogP contribution in [-0.4, -0.2) is 11.9 Å². The Labute approximate surface area is 103 Å². The molecule has 3 N–H and O–H groups in total. The Balaban J connectivity index is 2.86. The molecule has 0 spiro atoms. The van der Waals surface area contributed by atoms with Crippen molar-refractivity contribution in [1.29, 1.82) is 0 Å². The second kappa shape index (κ2) is 5.71. The van der Waals surface area contributed by atoms with E-state index in [2.05, 4.69) is 26.1 Å². The number of rotatable bonds is 5. The number of aryl methyl sites for hydroxylation is 1. The lowest BCUT2D eigenvalue weighted by Gasteiger charge is -2.21. The third-order valence-corrected chi connectivity index (χ3v) is 3.39. The number of primary amides is 1. The van der Waals surface area contributed by atoms with Crippen LogP contribution >= 0.6 is 0 Å². The van der Waals surface area contributed by atoms with Crippen molar-refractivity contribution in [3.63, 3.8) is 0 Å². The highest BCUT2D eigenvalue weighted by molar-refractivity contribution is 5.95. The van der Waals surface area contributed by atoms with E-state index in [1.165, 1.54) is 0 Å². The molecule has 1 aromatic carbocycles. The molecule has 0 saturated heterocycles. The molecule has 17 heavy (non-hydrogen) atoms. The van der Waals surface area contributed by atoms with Crippen molar-refractivity contribution in [2.45, 2.75) is 40.2 Å². The predicted octanol–water partition coefficient (Wildman–Crippen LogP) is 2.94. The maximum atomic E-state index is 11.2. The van der Waals surface area contributed by atoms with Gasteiger partial charge in [-0.05, 0) is 37.5 Å². The van der Waals surface area contributed by atoms with E-state index in [9.17, 15) is 4.79 Å². The van der Waals surface area contributed by atoms with Gasteiger partial charge in [-0.1, -0.05) is 26.3 Å². The molecule has 0 saturated carbocycles. The van der Waals surface area contributed by atoms with Crippen LogP contribution < -0.4 is 11.1 Å². The van der Waals surface area contributed by atoms with E-state index in [0.717, 1.165) is 17.7 Å². The number of anilines is 1. The van der Waals surface area contributed by atoms with Gasteiger partial charge in [0.25, 0.3) is 0 Å². The molecule has 0 aliphatic heterocycles. The average molecular weight is 234 g/mol. The smallest absolute Gasteiger partial charge is 0.249 e.